The van der Waals surface area contributed by atoms with Gasteiger partial charge in [0.05, 0.1) is 17.2 Å². The molecule has 1 unspecified atom stereocenters. The molecule has 2 aromatic heterocycles. The molecule has 92 valence electrons. The lowest BCUT2D eigenvalue weighted by molar-refractivity contribution is 0.544. The highest BCUT2D eigenvalue weighted by atomic mass is 32.1. The Morgan fingerprint density at radius 2 is 2.24 bits per heavy atom. The van der Waals surface area contributed by atoms with Crippen LogP contribution in [0, 0.1) is 13.8 Å². The summed E-state index contributed by atoms with van der Waals surface area (Å²) < 4.78 is 1.71. The summed E-state index contributed by atoms with van der Waals surface area (Å²) in [6.07, 6.45) is 1.71. The highest BCUT2D eigenvalue weighted by molar-refractivity contribution is 7.11. The van der Waals surface area contributed by atoms with E-state index in [9.17, 15) is 0 Å². The number of nitrogens with zero attached hydrogens (tertiary/aromatic N) is 4. The Morgan fingerprint density at radius 1 is 1.47 bits per heavy atom. The highest BCUT2D eigenvalue weighted by Gasteiger charge is 2.13. The van der Waals surface area contributed by atoms with Crippen LogP contribution in [0.4, 0.5) is 0 Å². The molecule has 2 aromatic rings. The lowest BCUT2D eigenvalue weighted by Crippen LogP contribution is -2.20. The van der Waals surface area contributed by atoms with Crippen molar-refractivity contribution >= 4 is 11.3 Å². The molecule has 5 nitrogen and oxygen atoms in total. The van der Waals surface area contributed by atoms with Crippen molar-refractivity contribution in [1.29, 1.82) is 0 Å². The molecule has 0 radical (unpaired) electrons. The number of thiazole rings is 1. The van der Waals surface area contributed by atoms with Crippen LogP contribution >= 0.6 is 11.3 Å². The third-order valence-electron chi connectivity index (χ3n) is 2.56. The molecule has 0 aliphatic heterocycles. The van der Waals surface area contributed by atoms with Gasteiger partial charge in [0.25, 0.3) is 0 Å². The first-order valence-corrected chi connectivity index (χ1v) is 6.39. The van der Waals surface area contributed by atoms with Crippen molar-refractivity contribution in [3.05, 3.63) is 27.7 Å². The number of nitrogens with one attached hydrogen (secondary N) is 1. The van der Waals surface area contributed by atoms with Gasteiger partial charge < -0.3 is 5.32 Å². The average Bonchev–Trinajstić information content (AvgIpc) is 2.81. The van der Waals surface area contributed by atoms with E-state index in [1.54, 1.807) is 22.3 Å². The van der Waals surface area contributed by atoms with E-state index in [1.165, 1.54) is 4.88 Å². The Morgan fingerprint density at radius 3 is 2.76 bits per heavy atom. The molecule has 0 aromatic carbocycles. The lowest BCUT2D eigenvalue weighted by atomic mass is 10.2. The summed E-state index contributed by atoms with van der Waals surface area (Å²) in [6.45, 7) is 6.92. The summed E-state index contributed by atoms with van der Waals surface area (Å²) in [5.74, 6) is 0.809. The highest BCUT2D eigenvalue weighted by Crippen LogP contribution is 2.22. The molecule has 0 saturated heterocycles. The van der Waals surface area contributed by atoms with Crippen LogP contribution < -0.4 is 5.32 Å². The van der Waals surface area contributed by atoms with Crippen molar-refractivity contribution in [2.45, 2.75) is 33.4 Å². The van der Waals surface area contributed by atoms with E-state index in [2.05, 4.69) is 34.2 Å². The molecule has 0 spiro atoms. The standard InChI is InChI=1S/C11H17N5S/c1-7(11-8(2)17-9(3)14-11)12-5-10-13-6-16(4)15-10/h6-7,12H,5H2,1-4H3. The molecule has 0 saturated carbocycles. The van der Waals surface area contributed by atoms with E-state index in [0.717, 1.165) is 16.5 Å². The maximum absolute atomic E-state index is 4.54. The molecule has 17 heavy (non-hydrogen) atoms. The fourth-order valence-electron chi connectivity index (χ4n) is 1.75. The van der Waals surface area contributed by atoms with Crippen molar-refractivity contribution in [3.63, 3.8) is 0 Å². The van der Waals surface area contributed by atoms with Crippen LogP contribution in [0.15, 0.2) is 6.33 Å². The molecule has 0 fully saturated rings. The van der Waals surface area contributed by atoms with Crippen molar-refractivity contribution in [3.8, 4) is 0 Å². The molecular weight excluding hydrogens is 234 g/mol. The Labute approximate surface area is 105 Å². The van der Waals surface area contributed by atoms with E-state index >= 15 is 0 Å². The predicted octanol–water partition coefficient (Wildman–Crippen LogP) is 1.74. The Hall–Kier alpha value is -1.27. The van der Waals surface area contributed by atoms with E-state index in [1.807, 2.05) is 14.0 Å². The minimum absolute atomic E-state index is 0.226. The molecular formula is C11H17N5S. The van der Waals surface area contributed by atoms with Crippen LogP contribution in [0.25, 0.3) is 0 Å². The second-order valence-corrected chi connectivity index (χ2v) is 5.52. The van der Waals surface area contributed by atoms with Crippen molar-refractivity contribution < 1.29 is 0 Å². The molecule has 0 aliphatic carbocycles. The largest absolute Gasteiger partial charge is 0.302 e. The van der Waals surface area contributed by atoms with Gasteiger partial charge in [-0.1, -0.05) is 0 Å². The molecule has 1 N–H and O–H groups in total. The van der Waals surface area contributed by atoms with Crippen LogP contribution in [0.1, 0.15) is 34.4 Å². The summed E-state index contributed by atoms with van der Waals surface area (Å²) in [7, 11) is 1.87. The number of aromatic nitrogens is 4. The van der Waals surface area contributed by atoms with Gasteiger partial charge in [0, 0.05) is 18.0 Å². The molecule has 6 heteroatoms. The van der Waals surface area contributed by atoms with Gasteiger partial charge >= 0.3 is 0 Å². The van der Waals surface area contributed by atoms with Crippen molar-refractivity contribution in [2.24, 2.45) is 7.05 Å². The minimum atomic E-state index is 0.226. The van der Waals surface area contributed by atoms with Gasteiger partial charge in [0.2, 0.25) is 0 Å². The normalized spacial score (nSPS) is 12.9. The Kier molecular flexibility index (Phi) is 3.54. The van der Waals surface area contributed by atoms with Gasteiger partial charge in [0.15, 0.2) is 5.82 Å². The number of hydrogen-bond donors (Lipinski definition) is 1. The fraction of sp³-hybridized carbons (Fsp3) is 0.545. The molecule has 0 amide bonds. The van der Waals surface area contributed by atoms with Crippen LogP contribution in [0.2, 0.25) is 0 Å². The zero-order valence-electron chi connectivity index (χ0n) is 10.6. The molecule has 1 atom stereocenters. The monoisotopic (exact) mass is 251 g/mol. The topological polar surface area (TPSA) is 55.6 Å². The second-order valence-electron chi connectivity index (χ2n) is 4.11. The summed E-state index contributed by atoms with van der Waals surface area (Å²) in [5, 5.41) is 8.73. The quantitative estimate of drug-likeness (QED) is 0.899. The van der Waals surface area contributed by atoms with Gasteiger partial charge in [-0.25, -0.2) is 9.97 Å². The third-order valence-corrected chi connectivity index (χ3v) is 3.46. The lowest BCUT2D eigenvalue weighted by Gasteiger charge is -2.10. The zero-order chi connectivity index (χ0) is 12.4. The first kappa shape index (κ1) is 12.2. The van der Waals surface area contributed by atoms with Gasteiger partial charge in [0.1, 0.15) is 6.33 Å². The van der Waals surface area contributed by atoms with E-state index < -0.39 is 0 Å². The summed E-state index contributed by atoms with van der Waals surface area (Å²) in [5.41, 5.74) is 1.13. The number of aryl methyl sites for hydroxylation is 3. The van der Waals surface area contributed by atoms with Crippen molar-refractivity contribution in [1.82, 2.24) is 25.1 Å². The maximum Gasteiger partial charge on any atom is 0.164 e. The SMILES string of the molecule is Cc1nc(C(C)NCc2ncn(C)n2)c(C)s1. The first-order chi connectivity index (χ1) is 8.06. The van der Waals surface area contributed by atoms with Gasteiger partial charge in [-0.2, -0.15) is 5.10 Å². The van der Waals surface area contributed by atoms with Crippen LogP contribution in [-0.4, -0.2) is 19.7 Å². The second kappa shape index (κ2) is 4.93. The van der Waals surface area contributed by atoms with Gasteiger partial charge in [-0.3, -0.25) is 4.68 Å². The van der Waals surface area contributed by atoms with Crippen LogP contribution in [-0.2, 0) is 13.6 Å². The summed E-state index contributed by atoms with van der Waals surface area (Å²) >= 11 is 1.74. The molecule has 2 rings (SSSR count). The van der Waals surface area contributed by atoms with Gasteiger partial charge in [-0.15, -0.1) is 11.3 Å². The number of rotatable bonds is 4. The Bertz CT molecular complexity index is 502. The smallest absolute Gasteiger partial charge is 0.164 e. The maximum atomic E-state index is 4.54. The van der Waals surface area contributed by atoms with Crippen LogP contribution in [0.5, 0.6) is 0 Å². The third kappa shape index (κ3) is 2.89. The zero-order valence-corrected chi connectivity index (χ0v) is 11.4. The van der Waals surface area contributed by atoms with E-state index in [-0.39, 0.29) is 6.04 Å². The van der Waals surface area contributed by atoms with Crippen LogP contribution in [0.3, 0.4) is 0 Å². The predicted molar refractivity (Wildman–Crippen MR) is 67.8 cm³/mol. The molecule has 2 heterocycles. The van der Waals surface area contributed by atoms with E-state index in [0.29, 0.717) is 6.54 Å². The van der Waals surface area contributed by atoms with E-state index in [4.69, 9.17) is 0 Å². The molecule has 0 bridgehead atoms. The average molecular weight is 251 g/mol. The Balaban J connectivity index is 1.97. The summed E-state index contributed by atoms with van der Waals surface area (Å²) in [4.78, 5) is 9.99. The molecule has 0 aliphatic rings. The summed E-state index contributed by atoms with van der Waals surface area (Å²) in [6, 6.07) is 0.226. The first-order valence-electron chi connectivity index (χ1n) is 5.58. The van der Waals surface area contributed by atoms with Crippen molar-refractivity contribution in [2.75, 3.05) is 0 Å². The number of hydrogen-bond acceptors (Lipinski definition) is 5. The fourth-order valence-corrected chi connectivity index (χ4v) is 2.67. The van der Waals surface area contributed by atoms with Gasteiger partial charge in [-0.05, 0) is 20.8 Å². The minimum Gasteiger partial charge on any atom is -0.302 e.